The molecule has 2 rings (SSSR count). The minimum absolute atomic E-state index is 0.112. The summed E-state index contributed by atoms with van der Waals surface area (Å²) in [6, 6.07) is 0. The lowest BCUT2D eigenvalue weighted by molar-refractivity contribution is -0.171. The molecule has 0 radical (unpaired) electrons. The van der Waals surface area contributed by atoms with Crippen molar-refractivity contribution in [1.29, 1.82) is 0 Å². The molecule has 0 aromatic carbocycles. The van der Waals surface area contributed by atoms with Crippen molar-refractivity contribution in [2.45, 2.75) is 38.9 Å². The number of anilines is 1. The Balaban J connectivity index is 2.23. The smallest absolute Gasteiger partial charge is 0.274 e. The lowest BCUT2D eigenvalue weighted by Crippen LogP contribution is -2.58. The number of ether oxygens (including phenoxy) is 1. The molecule has 1 aliphatic rings. The molecule has 1 N–H and O–H groups in total. The number of hydrogen-bond acceptors (Lipinski definition) is 5. The van der Waals surface area contributed by atoms with Gasteiger partial charge in [-0.15, -0.1) is 0 Å². The lowest BCUT2D eigenvalue weighted by atomic mass is 9.98. The molecule has 0 saturated carbocycles. The van der Waals surface area contributed by atoms with E-state index in [0.717, 1.165) is 0 Å². The topological polar surface area (TPSA) is 67.4 Å². The van der Waals surface area contributed by atoms with Gasteiger partial charge in [0.25, 0.3) is 5.91 Å². The molecule has 1 fully saturated rings. The van der Waals surface area contributed by atoms with E-state index in [2.05, 4.69) is 15.3 Å². The largest absolute Gasteiger partial charge is 0.372 e. The summed E-state index contributed by atoms with van der Waals surface area (Å²) in [5, 5.41) is 2.89. The van der Waals surface area contributed by atoms with Crippen molar-refractivity contribution in [2.24, 2.45) is 0 Å². The molecule has 1 aromatic rings. The first-order valence-electron chi connectivity index (χ1n) is 6.72. The van der Waals surface area contributed by atoms with Gasteiger partial charge in [-0.3, -0.25) is 9.78 Å². The maximum atomic E-state index is 12.6. The van der Waals surface area contributed by atoms with Crippen molar-refractivity contribution in [3.05, 3.63) is 18.1 Å². The van der Waals surface area contributed by atoms with Gasteiger partial charge in [0.2, 0.25) is 0 Å². The average Bonchev–Trinajstić information content (AvgIpc) is 2.34. The molecule has 0 atom stereocenters. The molecule has 0 bridgehead atoms. The number of carbonyl (C=O) groups is 1. The molecular formula is C14H22N4O2. The molecule has 1 saturated heterocycles. The first-order chi connectivity index (χ1) is 9.22. The van der Waals surface area contributed by atoms with Crippen LogP contribution in [0.5, 0.6) is 0 Å². The quantitative estimate of drug-likeness (QED) is 0.889. The number of rotatable bonds is 2. The van der Waals surface area contributed by atoms with Gasteiger partial charge in [0.15, 0.2) is 0 Å². The molecule has 1 amide bonds. The second kappa shape index (κ2) is 5.01. The van der Waals surface area contributed by atoms with Crippen LogP contribution in [0.2, 0.25) is 0 Å². The standard InChI is InChI=1S/C14H22N4O2/c1-13(2)8-18(9-14(3,4)20-13)12(19)10-6-16-7-11(15-5)17-10/h6-7H,8-9H2,1-5H3,(H,15,17). The monoisotopic (exact) mass is 278 g/mol. The maximum Gasteiger partial charge on any atom is 0.274 e. The zero-order valence-electron chi connectivity index (χ0n) is 12.7. The summed E-state index contributed by atoms with van der Waals surface area (Å²) < 4.78 is 5.98. The number of morpholine rings is 1. The van der Waals surface area contributed by atoms with Gasteiger partial charge in [-0.1, -0.05) is 0 Å². The first kappa shape index (κ1) is 14.7. The molecule has 110 valence electrons. The van der Waals surface area contributed by atoms with Crippen molar-refractivity contribution < 1.29 is 9.53 Å². The third kappa shape index (κ3) is 3.25. The fourth-order valence-corrected chi connectivity index (χ4v) is 2.68. The number of hydrogen-bond donors (Lipinski definition) is 1. The summed E-state index contributed by atoms with van der Waals surface area (Å²) in [5.41, 5.74) is -0.387. The van der Waals surface area contributed by atoms with E-state index < -0.39 is 0 Å². The highest BCUT2D eigenvalue weighted by Crippen LogP contribution is 2.28. The van der Waals surface area contributed by atoms with Gasteiger partial charge >= 0.3 is 0 Å². The highest BCUT2D eigenvalue weighted by Gasteiger charge is 2.40. The number of amides is 1. The molecule has 20 heavy (non-hydrogen) atoms. The Hall–Kier alpha value is -1.69. The van der Waals surface area contributed by atoms with Crippen molar-refractivity contribution in [3.8, 4) is 0 Å². The number of aromatic nitrogens is 2. The summed E-state index contributed by atoms with van der Waals surface area (Å²) in [5.74, 6) is 0.474. The van der Waals surface area contributed by atoms with E-state index in [1.54, 1.807) is 18.1 Å². The van der Waals surface area contributed by atoms with Crippen molar-refractivity contribution in [2.75, 3.05) is 25.5 Å². The van der Waals surface area contributed by atoms with Crippen LogP contribution in [0.4, 0.5) is 5.82 Å². The first-order valence-corrected chi connectivity index (χ1v) is 6.72. The van der Waals surface area contributed by atoms with Crippen molar-refractivity contribution >= 4 is 11.7 Å². The van der Waals surface area contributed by atoms with Gasteiger partial charge in [-0.2, -0.15) is 0 Å². The average molecular weight is 278 g/mol. The normalized spacial score (nSPS) is 20.6. The Morgan fingerprint density at radius 1 is 1.25 bits per heavy atom. The second-order valence-corrected chi connectivity index (χ2v) is 6.32. The number of carbonyl (C=O) groups excluding carboxylic acids is 1. The SMILES string of the molecule is CNc1cncc(C(=O)N2CC(C)(C)OC(C)(C)C2)n1. The van der Waals surface area contributed by atoms with E-state index in [1.807, 2.05) is 27.7 Å². The van der Waals surface area contributed by atoms with Gasteiger partial charge in [-0.05, 0) is 27.7 Å². The van der Waals surface area contributed by atoms with Gasteiger partial charge in [0.1, 0.15) is 11.5 Å². The maximum absolute atomic E-state index is 12.6. The van der Waals surface area contributed by atoms with Crippen LogP contribution < -0.4 is 5.32 Å². The lowest BCUT2D eigenvalue weighted by Gasteiger charge is -2.47. The van der Waals surface area contributed by atoms with E-state index in [9.17, 15) is 4.79 Å². The predicted octanol–water partition coefficient (Wildman–Crippen LogP) is 1.55. The zero-order chi connectivity index (χ0) is 15.0. The Kier molecular flexibility index (Phi) is 3.69. The van der Waals surface area contributed by atoms with Crippen LogP contribution in [-0.2, 0) is 4.74 Å². The minimum atomic E-state index is -0.370. The Morgan fingerprint density at radius 2 is 1.85 bits per heavy atom. The van der Waals surface area contributed by atoms with Gasteiger partial charge in [0, 0.05) is 20.1 Å². The Morgan fingerprint density at radius 3 is 2.40 bits per heavy atom. The van der Waals surface area contributed by atoms with Crippen LogP contribution in [0.25, 0.3) is 0 Å². The highest BCUT2D eigenvalue weighted by molar-refractivity contribution is 5.92. The van der Waals surface area contributed by atoms with E-state index in [4.69, 9.17) is 4.74 Å². The second-order valence-electron chi connectivity index (χ2n) is 6.32. The van der Waals surface area contributed by atoms with Crippen molar-refractivity contribution in [1.82, 2.24) is 14.9 Å². The molecule has 1 aliphatic heterocycles. The molecule has 1 aromatic heterocycles. The molecule has 6 heteroatoms. The Bertz CT molecular complexity index is 498. The van der Waals surface area contributed by atoms with E-state index in [0.29, 0.717) is 24.6 Å². The van der Waals surface area contributed by atoms with Gasteiger partial charge < -0.3 is 15.0 Å². The van der Waals surface area contributed by atoms with Crippen LogP contribution in [0.3, 0.4) is 0 Å². The molecule has 6 nitrogen and oxygen atoms in total. The predicted molar refractivity (Wildman–Crippen MR) is 76.7 cm³/mol. The zero-order valence-corrected chi connectivity index (χ0v) is 12.7. The molecule has 0 aliphatic carbocycles. The van der Waals surface area contributed by atoms with Crippen LogP contribution in [0.15, 0.2) is 12.4 Å². The summed E-state index contributed by atoms with van der Waals surface area (Å²) in [6.45, 7) is 9.04. The van der Waals surface area contributed by atoms with Crippen molar-refractivity contribution in [3.63, 3.8) is 0 Å². The Labute approximate surface area is 119 Å². The summed E-state index contributed by atoms with van der Waals surface area (Å²) in [6.07, 6.45) is 3.09. The van der Waals surface area contributed by atoms with E-state index in [-0.39, 0.29) is 17.1 Å². The summed E-state index contributed by atoms with van der Waals surface area (Å²) in [7, 11) is 1.75. The highest BCUT2D eigenvalue weighted by atomic mass is 16.5. The number of nitrogens with one attached hydrogen (secondary N) is 1. The van der Waals surface area contributed by atoms with E-state index >= 15 is 0 Å². The van der Waals surface area contributed by atoms with Crippen LogP contribution in [0.1, 0.15) is 38.2 Å². The van der Waals surface area contributed by atoms with Crippen LogP contribution >= 0.6 is 0 Å². The fourth-order valence-electron chi connectivity index (χ4n) is 2.68. The van der Waals surface area contributed by atoms with Gasteiger partial charge in [-0.25, -0.2) is 4.98 Å². The third-order valence-electron chi connectivity index (χ3n) is 3.09. The summed E-state index contributed by atoms with van der Waals surface area (Å²) in [4.78, 5) is 22.7. The minimum Gasteiger partial charge on any atom is -0.372 e. The number of nitrogens with zero attached hydrogens (tertiary/aromatic N) is 3. The fraction of sp³-hybridized carbons (Fsp3) is 0.643. The molecule has 0 unspecified atom stereocenters. The summed E-state index contributed by atoms with van der Waals surface area (Å²) >= 11 is 0. The van der Waals surface area contributed by atoms with Crippen LogP contribution in [0, 0.1) is 0 Å². The molecule has 2 heterocycles. The molecule has 0 spiro atoms. The van der Waals surface area contributed by atoms with Crippen LogP contribution in [-0.4, -0.2) is 52.1 Å². The van der Waals surface area contributed by atoms with E-state index in [1.165, 1.54) is 6.20 Å². The van der Waals surface area contributed by atoms with Gasteiger partial charge in [0.05, 0.1) is 23.6 Å². The third-order valence-corrected chi connectivity index (χ3v) is 3.09. The molecular weight excluding hydrogens is 256 g/mol.